The second-order valence-electron chi connectivity index (χ2n) is 3.71. The van der Waals surface area contributed by atoms with Crippen LogP contribution in [-0.4, -0.2) is 5.91 Å². The first-order chi connectivity index (χ1) is 8.97. The number of halogens is 4. The van der Waals surface area contributed by atoms with E-state index in [0.717, 1.165) is 30.3 Å². The van der Waals surface area contributed by atoms with E-state index in [4.69, 9.17) is 0 Å². The van der Waals surface area contributed by atoms with Crippen LogP contribution in [0.25, 0.3) is 0 Å². The SMILES string of the molecule is O=C(Nc1cc(F)cc(F)c1)c1c(F)cccc1F. The molecule has 2 aromatic carbocycles. The molecular formula is C13H7F4NO. The molecule has 1 N–H and O–H groups in total. The van der Waals surface area contributed by atoms with Gasteiger partial charge in [0.05, 0.1) is 0 Å². The van der Waals surface area contributed by atoms with Gasteiger partial charge >= 0.3 is 0 Å². The number of amides is 1. The Morgan fingerprint density at radius 1 is 0.895 bits per heavy atom. The van der Waals surface area contributed by atoms with E-state index < -0.39 is 34.7 Å². The number of anilines is 1. The molecule has 0 saturated carbocycles. The van der Waals surface area contributed by atoms with Gasteiger partial charge in [0.15, 0.2) is 0 Å². The van der Waals surface area contributed by atoms with E-state index in [1.54, 1.807) is 0 Å². The van der Waals surface area contributed by atoms with Gasteiger partial charge in [-0.2, -0.15) is 0 Å². The molecule has 0 atom stereocenters. The number of rotatable bonds is 2. The first kappa shape index (κ1) is 13.1. The average molecular weight is 269 g/mol. The van der Waals surface area contributed by atoms with Crippen molar-refractivity contribution in [2.45, 2.75) is 0 Å². The van der Waals surface area contributed by atoms with Crippen molar-refractivity contribution in [3.8, 4) is 0 Å². The number of benzene rings is 2. The molecule has 2 rings (SSSR count). The predicted octanol–water partition coefficient (Wildman–Crippen LogP) is 3.50. The summed E-state index contributed by atoms with van der Waals surface area (Å²) >= 11 is 0. The topological polar surface area (TPSA) is 29.1 Å². The number of hydrogen-bond acceptors (Lipinski definition) is 1. The van der Waals surface area contributed by atoms with Crippen molar-refractivity contribution in [3.63, 3.8) is 0 Å². The lowest BCUT2D eigenvalue weighted by Gasteiger charge is -2.07. The molecule has 0 spiro atoms. The largest absolute Gasteiger partial charge is 0.322 e. The Kier molecular flexibility index (Phi) is 3.50. The molecular weight excluding hydrogens is 262 g/mol. The van der Waals surface area contributed by atoms with Crippen molar-refractivity contribution in [2.75, 3.05) is 5.32 Å². The molecule has 0 aliphatic heterocycles. The molecule has 2 aromatic rings. The molecule has 2 nitrogen and oxygen atoms in total. The van der Waals surface area contributed by atoms with E-state index in [0.29, 0.717) is 6.07 Å². The molecule has 0 aromatic heterocycles. The second kappa shape index (κ2) is 5.09. The molecule has 0 saturated heterocycles. The maximum Gasteiger partial charge on any atom is 0.261 e. The highest BCUT2D eigenvalue weighted by Crippen LogP contribution is 2.17. The van der Waals surface area contributed by atoms with E-state index in [1.807, 2.05) is 5.32 Å². The van der Waals surface area contributed by atoms with Crippen molar-refractivity contribution in [1.82, 2.24) is 0 Å². The van der Waals surface area contributed by atoms with Crippen LogP contribution in [0.3, 0.4) is 0 Å². The first-order valence-electron chi connectivity index (χ1n) is 5.19. The smallest absolute Gasteiger partial charge is 0.261 e. The lowest BCUT2D eigenvalue weighted by atomic mass is 10.1. The third-order valence-corrected chi connectivity index (χ3v) is 2.31. The monoisotopic (exact) mass is 269 g/mol. The minimum atomic E-state index is -1.12. The van der Waals surface area contributed by atoms with Crippen LogP contribution in [0.15, 0.2) is 36.4 Å². The van der Waals surface area contributed by atoms with E-state index in [1.165, 1.54) is 0 Å². The van der Waals surface area contributed by atoms with Crippen LogP contribution in [0.1, 0.15) is 10.4 Å². The molecule has 0 aliphatic carbocycles. The van der Waals surface area contributed by atoms with E-state index >= 15 is 0 Å². The van der Waals surface area contributed by atoms with Gasteiger partial charge in [0.25, 0.3) is 5.91 Å². The summed E-state index contributed by atoms with van der Waals surface area (Å²) in [6.45, 7) is 0. The van der Waals surface area contributed by atoms with Crippen LogP contribution in [0.4, 0.5) is 23.2 Å². The van der Waals surface area contributed by atoms with E-state index in [9.17, 15) is 22.4 Å². The van der Waals surface area contributed by atoms with Gasteiger partial charge in [-0.25, -0.2) is 17.6 Å². The van der Waals surface area contributed by atoms with Gasteiger partial charge in [-0.05, 0) is 24.3 Å². The number of nitrogens with one attached hydrogen (secondary N) is 1. The van der Waals surface area contributed by atoms with Gasteiger partial charge in [0, 0.05) is 11.8 Å². The fraction of sp³-hybridized carbons (Fsp3) is 0. The van der Waals surface area contributed by atoms with Crippen LogP contribution in [0.5, 0.6) is 0 Å². The fourth-order valence-electron chi connectivity index (χ4n) is 1.53. The van der Waals surface area contributed by atoms with Crippen molar-refractivity contribution in [1.29, 1.82) is 0 Å². The van der Waals surface area contributed by atoms with Gasteiger partial charge in [0.2, 0.25) is 0 Å². The normalized spacial score (nSPS) is 10.3. The van der Waals surface area contributed by atoms with Crippen LogP contribution in [0.2, 0.25) is 0 Å². The standard InChI is InChI=1S/C13H7F4NO/c14-7-4-8(15)6-9(5-7)18-13(19)12-10(16)2-1-3-11(12)17/h1-6H,(H,18,19). The maximum absolute atomic E-state index is 13.3. The highest BCUT2D eigenvalue weighted by molar-refractivity contribution is 6.04. The summed E-state index contributed by atoms with van der Waals surface area (Å²) in [6.07, 6.45) is 0. The summed E-state index contributed by atoms with van der Waals surface area (Å²) in [5.41, 5.74) is -1.04. The number of hydrogen-bond donors (Lipinski definition) is 1. The highest BCUT2D eigenvalue weighted by atomic mass is 19.1. The van der Waals surface area contributed by atoms with Crippen molar-refractivity contribution in [2.24, 2.45) is 0 Å². The highest BCUT2D eigenvalue weighted by Gasteiger charge is 2.17. The van der Waals surface area contributed by atoms with Crippen molar-refractivity contribution >= 4 is 11.6 Å². The Morgan fingerprint density at radius 3 is 1.95 bits per heavy atom. The zero-order chi connectivity index (χ0) is 14.0. The van der Waals surface area contributed by atoms with Crippen LogP contribution < -0.4 is 5.32 Å². The second-order valence-corrected chi connectivity index (χ2v) is 3.71. The molecule has 0 fully saturated rings. The van der Waals surface area contributed by atoms with Gasteiger partial charge in [0.1, 0.15) is 28.8 Å². The van der Waals surface area contributed by atoms with Crippen LogP contribution in [0, 0.1) is 23.3 Å². The Balaban J connectivity index is 2.31. The number of carbonyl (C=O) groups excluding carboxylic acids is 1. The van der Waals surface area contributed by atoms with Gasteiger partial charge in [-0.1, -0.05) is 6.07 Å². The van der Waals surface area contributed by atoms with Crippen LogP contribution in [-0.2, 0) is 0 Å². The summed E-state index contributed by atoms with van der Waals surface area (Å²) < 4.78 is 52.4. The summed E-state index contributed by atoms with van der Waals surface area (Å²) in [6, 6.07) is 5.19. The lowest BCUT2D eigenvalue weighted by Crippen LogP contribution is -2.16. The zero-order valence-electron chi connectivity index (χ0n) is 9.38. The summed E-state index contributed by atoms with van der Waals surface area (Å²) in [4.78, 5) is 11.6. The Bertz CT molecular complexity index is 602. The molecule has 0 heterocycles. The molecule has 0 bridgehead atoms. The van der Waals surface area contributed by atoms with E-state index in [-0.39, 0.29) is 5.69 Å². The summed E-state index contributed by atoms with van der Waals surface area (Å²) in [7, 11) is 0. The molecule has 1 amide bonds. The van der Waals surface area contributed by atoms with Crippen LogP contribution >= 0.6 is 0 Å². The average Bonchev–Trinajstić information content (AvgIpc) is 2.26. The Labute approximate surface area is 105 Å². The quantitative estimate of drug-likeness (QED) is 0.831. The third kappa shape index (κ3) is 2.90. The summed E-state index contributed by atoms with van der Waals surface area (Å²) in [5, 5.41) is 2.02. The molecule has 19 heavy (non-hydrogen) atoms. The van der Waals surface area contributed by atoms with Gasteiger partial charge in [-0.3, -0.25) is 4.79 Å². The predicted molar refractivity (Wildman–Crippen MR) is 60.7 cm³/mol. The summed E-state index contributed by atoms with van der Waals surface area (Å²) in [5.74, 6) is -5.07. The first-order valence-corrected chi connectivity index (χ1v) is 5.19. The third-order valence-electron chi connectivity index (χ3n) is 2.31. The number of carbonyl (C=O) groups is 1. The minimum Gasteiger partial charge on any atom is -0.322 e. The van der Waals surface area contributed by atoms with Crippen molar-refractivity contribution in [3.05, 3.63) is 65.2 Å². The fourth-order valence-corrected chi connectivity index (χ4v) is 1.53. The maximum atomic E-state index is 13.3. The van der Waals surface area contributed by atoms with E-state index in [2.05, 4.69) is 0 Å². The molecule has 0 radical (unpaired) electrons. The Hall–Kier alpha value is -2.37. The minimum absolute atomic E-state index is 0.231. The Morgan fingerprint density at radius 2 is 1.42 bits per heavy atom. The molecule has 98 valence electrons. The molecule has 0 aliphatic rings. The molecule has 0 unspecified atom stereocenters. The lowest BCUT2D eigenvalue weighted by molar-refractivity contribution is 0.101. The molecule has 6 heteroatoms. The van der Waals surface area contributed by atoms with Gasteiger partial charge < -0.3 is 5.32 Å². The zero-order valence-corrected chi connectivity index (χ0v) is 9.38. The van der Waals surface area contributed by atoms with Crippen molar-refractivity contribution < 1.29 is 22.4 Å². The van der Waals surface area contributed by atoms with Gasteiger partial charge in [-0.15, -0.1) is 0 Å².